The van der Waals surface area contributed by atoms with Crippen molar-refractivity contribution in [3.63, 3.8) is 0 Å². The zero-order valence-electron chi connectivity index (χ0n) is 16.0. The Morgan fingerprint density at radius 2 is 1.82 bits per heavy atom. The topological polar surface area (TPSA) is 98.5 Å². The predicted octanol–water partition coefficient (Wildman–Crippen LogP) is 1.53. The lowest BCUT2D eigenvalue weighted by Gasteiger charge is -2.31. The number of imide groups is 1. The summed E-state index contributed by atoms with van der Waals surface area (Å²) in [4.78, 5) is 28.7. The molecular formula is C20H21N3O4S. The maximum Gasteiger partial charge on any atom is 0.271 e. The minimum atomic E-state index is -3.29. The number of nitriles is 1. The van der Waals surface area contributed by atoms with E-state index in [4.69, 9.17) is 0 Å². The second-order valence-electron chi connectivity index (χ2n) is 7.19. The molecule has 0 bridgehead atoms. The molecule has 3 rings (SSSR count). The lowest BCUT2D eigenvalue weighted by molar-refractivity contribution is -0.142. The van der Waals surface area contributed by atoms with E-state index < -0.39 is 27.7 Å². The second-order valence-corrected chi connectivity index (χ2v) is 9.42. The minimum Gasteiger partial charge on any atom is -0.378 e. The van der Waals surface area contributed by atoms with Gasteiger partial charge < -0.3 is 4.90 Å². The molecule has 8 heteroatoms. The summed E-state index contributed by atoms with van der Waals surface area (Å²) in [5, 5.41) is 9.45. The average molecular weight is 399 g/mol. The number of carbonyl (C=O) groups is 2. The van der Waals surface area contributed by atoms with Gasteiger partial charge in [-0.15, -0.1) is 0 Å². The van der Waals surface area contributed by atoms with Gasteiger partial charge in [-0.05, 0) is 42.7 Å². The van der Waals surface area contributed by atoms with Crippen molar-refractivity contribution in [1.82, 2.24) is 4.90 Å². The van der Waals surface area contributed by atoms with Crippen LogP contribution in [0.5, 0.6) is 0 Å². The van der Waals surface area contributed by atoms with Crippen LogP contribution in [0.1, 0.15) is 18.9 Å². The van der Waals surface area contributed by atoms with Crippen LogP contribution < -0.4 is 4.90 Å². The van der Waals surface area contributed by atoms with E-state index >= 15 is 0 Å². The predicted molar refractivity (Wildman–Crippen MR) is 106 cm³/mol. The van der Waals surface area contributed by atoms with Crippen molar-refractivity contribution in [1.29, 1.82) is 5.26 Å². The monoisotopic (exact) mass is 399 g/mol. The Morgan fingerprint density at radius 1 is 1.18 bits per heavy atom. The highest BCUT2D eigenvalue weighted by Crippen LogP contribution is 2.31. The molecule has 28 heavy (non-hydrogen) atoms. The molecule has 1 saturated heterocycles. The highest BCUT2D eigenvalue weighted by Gasteiger charge is 2.43. The Labute approximate surface area is 164 Å². The number of rotatable bonds is 3. The molecule has 0 aromatic heterocycles. The van der Waals surface area contributed by atoms with E-state index in [-0.39, 0.29) is 29.1 Å². The van der Waals surface area contributed by atoms with Crippen LogP contribution in [0.15, 0.2) is 41.0 Å². The van der Waals surface area contributed by atoms with Gasteiger partial charge in [-0.2, -0.15) is 5.26 Å². The van der Waals surface area contributed by atoms with Crippen LogP contribution in [0, 0.1) is 11.3 Å². The van der Waals surface area contributed by atoms with Crippen LogP contribution >= 0.6 is 0 Å². The fourth-order valence-electron chi connectivity index (χ4n) is 3.45. The van der Waals surface area contributed by atoms with E-state index in [1.165, 1.54) is 0 Å². The SMILES string of the molecule is CC1=C(C#N)C(=O)N([C@@H]2CCS(=O)(=O)C2)C(=O)/C1=C/c1ccc(N(C)C)cc1. The molecule has 0 spiro atoms. The van der Waals surface area contributed by atoms with Crippen LogP contribution in [-0.4, -0.2) is 56.8 Å². The Kier molecular flexibility index (Phi) is 5.13. The fourth-order valence-corrected chi connectivity index (χ4v) is 5.15. The first-order valence-corrected chi connectivity index (χ1v) is 10.7. The van der Waals surface area contributed by atoms with Crippen LogP contribution in [-0.2, 0) is 19.4 Å². The third-order valence-electron chi connectivity index (χ3n) is 5.07. The summed E-state index contributed by atoms with van der Waals surface area (Å²) in [5.41, 5.74) is 2.17. The molecule has 1 aromatic carbocycles. The van der Waals surface area contributed by atoms with Crippen LogP contribution in [0.3, 0.4) is 0 Å². The number of hydrogen-bond donors (Lipinski definition) is 0. The summed E-state index contributed by atoms with van der Waals surface area (Å²) in [5.74, 6) is -1.59. The molecule has 2 amide bonds. The van der Waals surface area contributed by atoms with Crippen molar-refractivity contribution in [3.05, 3.63) is 46.5 Å². The number of benzene rings is 1. The standard InChI is InChI=1S/C20H21N3O4S/c1-13-17(10-14-4-6-15(7-5-14)22(2)3)19(24)23(20(25)18(13)11-21)16-8-9-28(26,27)12-16/h4-7,10,16H,8-9,12H2,1-3H3/b17-10+/t16-/m1/s1. The molecule has 2 heterocycles. The molecule has 0 saturated carbocycles. The third kappa shape index (κ3) is 3.58. The lowest BCUT2D eigenvalue weighted by atomic mass is 9.92. The molecule has 1 fully saturated rings. The van der Waals surface area contributed by atoms with Crippen molar-refractivity contribution in [2.75, 3.05) is 30.5 Å². The molecule has 0 N–H and O–H groups in total. The maximum atomic E-state index is 13.1. The van der Waals surface area contributed by atoms with Gasteiger partial charge in [0, 0.05) is 25.4 Å². The fraction of sp³-hybridized carbons (Fsp3) is 0.350. The smallest absolute Gasteiger partial charge is 0.271 e. The van der Waals surface area contributed by atoms with Crippen LogP contribution in [0.25, 0.3) is 6.08 Å². The van der Waals surface area contributed by atoms with Crippen molar-refractivity contribution >= 4 is 33.4 Å². The number of sulfone groups is 1. The Hall–Kier alpha value is -2.92. The van der Waals surface area contributed by atoms with Crippen molar-refractivity contribution < 1.29 is 18.0 Å². The maximum absolute atomic E-state index is 13.1. The first-order valence-electron chi connectivity index (χ1n) is 8.83. The highest BCUT2D eigenvalue weighted by atomic mass is 32.2. The van der Waals surface area contributed by atoms with Crippen LogP contribution in [0.2, 0.25) is 0 Å². The molecular weight excluding hydrogens is 378 g/mol. The molecule has 0 aliphatic carbocycles. The number of carbonyl (C=O) groups excluding carboxylic acids is 2. The van der Waals surface area contributed by atoms with E-state index in [9.17, 15) is 23.3 Å². The largest absolute Gasteiger partial charge is 0.378 e. The van der Waals surface area contributed by atoms with Gasteiger partial charge in [-0.25, -0.2) is 8.42 Å². The van der Waals surface area contributed by atoms with E-state index in [2.05, 4.69) is 0 Å². The lowest BCUT2D eigenvalue weighted by Crippen LogP contribution is -2.49. The number of anilines is 1. The van der Waals surface area contributed by atoms with Crippen molar-refractivity contribution in [2.45, 2.75) is 19.4 Å². The van der Waals surface area contributed by atoms with Gasteiger partial charge in [0.2, 0.25) is 0 Å². The molecule has 7 nitrogen and oxygen atoms in total. The molecule has 1 aromatic rings. The number of nitrogens with zero attached hydrogens (tertiary/aromatic N) is 3. The number of amides is 2. The van der Waals surface area contributed by atoms with Gasteiger partial charge in [0.25, 0.3) is 11.8 Å². The van der Waals surface area contributed by atoms with Gasteiger partial charge in [0.15, 0.2) is 9.84 Å². The van der Waals surface area contributed by atoms with Crippen LogP contribution in [0.4, 0.5) is 5.69 Å². The summed E-state index contributed by atoms with van der Waals surface area (Å²) >= 11 is 0. The summed E-state index contributed by atoms with van der Waals surface area (Å²) in [6, 6.07) is 8.63. The molecule has 0 radical (unpaired) electrons. The summed E-state index contributed by atoms with van der Waals surface area (Å²) in [6.07, 6.45) is 1.83. The quantitative estimate of drug-likeness (QED) is 0.565. The number of hydrogen-bond acceptors (Lipinski definition) is 6. The van der Waals surface area contributed by atoms with Gasteiger partial charge in [0.1, 0.15) is 11.6 Å². The van der Waals surface area contributed by atoms with E-state index in [0.29, 0.717) is 5.57 Å². The first kappa shape index (κ1) is 19.8. The second kappa shape index (κ2) is 7.24. The van der Waals surface area contributed by atoms with Crippen molar-refractivity contribution in [2.24, 2.45) is 0 Å². The Balaban J connectivity index is 2.04. The summed E-state index contributed by atoms with van der Waals surface area (Å²) < 4.78 is 23.7. The first-order chi connectivity index (χ1) is 13.1. The molecule has 146 valence electrons. The van der Waals surface area contributed by atoms with Gasteiger partial charge >= 0.3 is 0 Å². The van der Waals surface area contributed by atoms with Gasteiger partial charge in [-0.1, -0.05) is 12.1 Å². The zero-order chi connectivity index (χ0) is 20.6. The summed E-state index contributed by atoms with van der Waals surface area (Å²) in [6.45, 7) is 1.57. The zero-order valence-corrected chi connectivity index (χ0v) is 16.8. The normalized spacial score (nSPS) is 23.3. The molecule has 2 aliphatic heterocycles. The van der Waals surface area contributed by atoms with Crippen molar-refractivity contribution in [3.8, 4) is 6.07 Å². The van der Waals surface area contributed by atoms with E-state index in [0.717, 1.165) is 16.2 Å². The Bertz CT molecular complexity index is 1040. The van der Waals surface area contributed by atoms with E-state index in [1.807, 2.05) is 49.3 Å². The van der Waals surface area contributed by atoms with Gasteiger partial charge in [0.05, 0.1) is 17.5 Å². The van der Waals surface area contributed by atoms with Gasteiger partial charge in [-0.3, -0.25) is 14.5 Å². The molecule has 1 atom stereocenters. The molecule has 2 aliphatic rings. The average Bonchev–Trinajstić information content (AvgIpc) is 2.99. The molecule has 0 unspecified atom stereocenters. The third-order valence-corrected chi connectivity index (χ3v) is 6.82. The summed E-state index contributed by atoms with van der Waals surface area (Å²) in [7, 11) is 0.552. The Morgan fingerprint density at radius 3 is 2.32 bits per heavy atom. The minimum absolute atomic E-state index is 0.0651. The highest BCUT2D eigenvalue weighted by molar-refractivity contribution is 7.91. The van der Waals surface area contributed by atoms with E-state index in [1.54, 1.807) is 13.0 Å².